The van der Waals surface area contributed by atoms with Crippen LogP contribution in [0, 0.1) is 0 Å². The van der Waals surface area contributed by atoms with E-state index in [4.69, 9.17) is 9.47 Å². The van der Waals surface area contributed by atoms with E-state index < -0.39 is 11.9 Å². The van der Waals surface area contributed by atoms with Gasteiger partial charge in [0.05, 0.1) is 11.8 Å². The maximum Gasteiger partial charge on any atom is 0.433 e. The highest BCUT2D eigenvalue weighted by molar-refractivity contribution is 7.99. The summed E-state index contributed by atoms with van der Waals surface area (Å²) < 4.78 is 48.4. The van der Waals surface area contributed by atoms with Gasteiger partial charge in [0.1, 0.15) is 5.69 Å². The minimum atomic E-state index is -4.55. The van der Waals surface area contributed by atoms with Crippen molar-refractivity contribution in [2.75, 3.05) is 12.5 Å². The van der Waals surface area contributed by atoms with Crippen molar-refractivity contribution in [3.05, 3.63) is 41.7 Å². The first-order valence-corrected chi connectivity index (χ1v) is 8.53. The molecule has 1 aromatic heterocycles. The van der Waals surface area contributed by atoms with Crippen molar-refractivity contribution in [3.8, 4) is 11.5 Å². The molecule has 3 rings (SSSR count). The molecule has 1 N–H and O–H groups in total. The smallest absolute Gasteiger partial charge is 0.433 e. The monoisotopic (exact) mass is 385 g/mol. The van der Waals surface area contributed by atoms with Crippen molar-refractivity contribution in [2.45, 2.75) is 24.3 Å². The van der Waals surface area contributed by atoms with Gasteiger partial charge in [-0.25, -0.2) is 9.97 Å². The van der Waals surface area contributed by atoms with E-state index in [2.05, 4.69) is 15.3 Å². The molecule has 0 bridgehead atoms. The van der Waals surface area contributed by atoms with E-state index in [9.17, 15) is 18.0 Å². The molecule has 138 valence electrons. The summed E-state index contributed by atoms with van der Waals surface area (Å²) in [5.74, 6) is 0.803. The van der Waals surface area contributed by atoms with Gasteiger partial charge in [-0.3, -0.25) is 4.79 Å². The van der Waals surface area contributed by atoms with Crippen LogP contribution in [-0.2, 0) is 11.0 Å². The molecule has 1 aromatic carbocycles. The molecule has 0 saturated carbocycles. The lowest BCUT2D eigenvalue weighted by Gasteiger charge is -2.14. The number of nitrogens with one attached hydrogen (secondary N) is 1. The van der Waals surface area contributed by atoms with Gasteiger partial charge in [-0.15, -0.1) is 0 Å². The van der Waals surface area contributed by atoms with Crippen LogP contribution in [0.3, 0.4) is 0 Å². The summed E-state index contributed by atoms with van der Waals surface area (Å²) in [5.41, 5.74) is -0.216. The fourth-order valence-electron chi connectivity index (χ4n) is 2.25. The normalized spacial score (nSPS) is 14.2. The molecule has 1 unspecified atom stereocenters. The van der Waals surface area contributed by atoms with Crippen molar-refractivity contribution in [2.24, 2.45) is 0 Å². The Morgan fingerprint density at radius 2 is 2.08 bits per heavy atom. The van der Waals surface area contributed by atoms with Crippen LogP contribution < -0.4 is 14.8 Å². The first-order chi connectivity index (χ1) is 12.3. The summed E-state index contributed by atoms with van der Waals surface area (Å²) in [4.78, 5) is 19.2. The molecular formula is C16H14F3N3O3S. The SMILES string of the molecule is CC(NC(=O)CSc1nccc(C(F)(F)F)n1)c1ccc2c(c1)OCO2. The van der Waals surface area contributed by atoms with Crippen LogP contribution in [0.15, 0.2) is 35.6 Å². The van der Waals surface area contributed by atoms with Crippen molar-refractivity contribution >= 4 is 17.7 Å². The molecule has 1 amide bonds. The highest BCUT2D eigenvalue weighted by Crippen LogP contribution is 2.34. The van der Waals surface area contributed by atoms with Gasteiger partial charge in [0.15, 0.2) is 16.7 Å². The zero-order chi connectivity index (χ0) is 18.7. The third-order valence-corrected chi connectivity index (χ3v) is 4.39. The average molecular weight is 385 g/mol. The fourth-order valence-corrected chi connectivity index (χ4v) is 2.89. The van der Waals surface area contributed by atoms with E-state index in [0.29, 0.717) is 11.5 Å². The molecule has 1 atom stereocenters. The van der Waals surface area contributed by atoms with Crippen LogP contribution in [0.5, 0.6) is 11.5 Å². The second-order valence-corrected chi connectivity index (χ2v) is 6.36. The number of aromatic nitrogens is 2. The topological polar surface area (TPSA) is 73.3 Å². The summed E-state index contributed by atoms with van der Waals surface area (Å²) in [6.45, 7) is 1.95. The Morgan fingerprint density at radius 1 is 1.31 bits per heavy atom. The molecule has 0 aliphatic carbocycles. The van der Waals surface area contributed by atoms with Gasteiger partial charge in [-0.1, -0.05) is 17.8 Å². The Bertz CT molecular complexity index is 817. The lowest BCUT2D eigenvalue weighted by atomic mass is 10.1. The summed E-state index contributed by atoms with van der Waals surface area (Å²) in [7, 11) is 0. The summed E-state index contributed by atoms with van der Waals surface area (Å²) in [6.07, 6.45) is -3.53. The molecule has 0 radical (unpaired) electrons. The van der Waals surface area contributed by atoms with Crippen LogP contribution in [0.25, 0.3) is 0 Å². The number of hydrogen-bond acceptors (Lipinski definition) is 6. The van der Waals surface area contributed by atoms with E-state index in [1.54, 1.807) is 19.1 Å². The molecule has 0 fully saturated rings. The molecule has 2 heterocycles. The van der Waals surface area contributed by atoms with Crippen LogP contribution >= 0.6 is 11.8 Å². The van der Waals surface area contributed by atoms with Crippen LogP contribution in [0.2, 0.25) is 0 Å². The molecule has 10 heteroatoms. The third kappa shape index (κ3) is 4.37. The van der Waals surface area contributed by atoms with Crippen molar-refractivity contribution < 1.29 is 27.4 Å². The standard InChI is InChI=1S/C16H14F3N3O3S/c1-9(10-2-3-11-12(6-10)25-8-24-11)21-14(23)7-26-15-20-5-4-13(22-15)16(17,18)19/h2-6,9H,7-8H2,1H3,(H,21,23). The maximum atomic E-state index is 12.6. The van der Waals surface area contributed by atoms with E-state index in [1.807, 2.05) is 6.07 Å². The molecule has 0 spiro atoms. The molecular weight excluding hydrogens is 371 g/mol. The number of nitrogens with zero attached hydrogens (tertiary/aromatic N) is 2. The van der Waals surface area contributed by atoms with Crippen LogP contribution in [0.4, 0.5) is 13.2 Å². The first kappa shape index (κ1) is 18.3. The molecule has 2 aromatic rings. The lowest BCUT2D eigenvalue weighted by molar-refractivity contribution is -0.141. The van der Waals surface area contributed by atoms with Crippen molar-refractivity contribution in [1.82, 2.24) is 15.3 Å². The number of carbonyl (C=O) groups excluding carboxylic acids is 1. The predicted octanol–water partition coefficient (Wildman–Crippen LogP) is 3.19. The number of halogens is 3. The first-order valence-electron chi connectivity index (χ1n) is 7.55. The lowest BCUT2D eigenvalue weighted by Crippen LogP contribution is -2.28. The van der Waals surface area contributed by atoms with Gasteiger partial charge in [-0.2, -0.15) is 13.2 Å². The summed E-state index contributed by atoms with van der Waals surface area (Å²) in [6, 6.07) is 5.81. The predicted molar refractivity (Wildman–Crippen MR) is 86.9 cm³/mol. The zero-order valence-corrected chi connectivity index (χ0v) is 14.4. The Labute approximate surface area is 151 Å². The van der Waals surface area contributed by atoms with Gasteiger partial charge in [-0.05, 0) is 30.7 Å². The van der Waals surface area contributed by atoms with Gasteiger partial charge < -0.3 is 14.8 Å². The molecule has 1 aliphatic heterocycles. The number of hydrogen-bond donors (Lipinski definition) is 1. The number of ether oxygens (including phenoxy) is 2. The van der Waals surface area contributed by atoms with E-state index in [0.717, 1.165) is 29.6 Å². The largest absolute Gasteiger partial charge is 0.454 e. The van der Waals surface area contributed by atoms with Crippen molar-refractivity contribution in [1.29, 1.82) is 0 Å². The van der Waals surface area contributed by atoms with Crippen molar-refractivity contribution in [3.63, 3.8) is 0 Å². The highest BCUT2D eigenvalue weighted by Gasteiger charge is 2.32. The van der Waals surface area contributed by atoms with Gasteiger partial charge in [0.2, 0.25) is 12.7 Å². The number of carbonyl (C=O) groups is 1. The number of fused-ring (bicyclic) bond motifs is 1. The fraction of sp³-hybridized carbons (Fsp3) is 0.312. The van der Waals surface area contributed by atoms with E-state index >= 15 is 0 Å². The van der Waals surface area contributed by atoms with E-state index in [1.165, 1.54) is 0 Å². The van der Waals surface area contributed by atoms with E-state index in [-0.39, 0.29) is 29.7 Å². The highest BCUT2D eigenvalue weighted by atomic mass is 32.2. The quantitative estimate of drug-likeness (QED) is 0.630. The minimum Gasteiger partial charge on any atom is -0.454 e. The van der Waals surface area contributed by atoms with Gasteiger partial charge >= 0.3 is 6.18 Å². The number of rotatable bonds is 5. The second-order valence-electron chi connectivity index (χ2n) is 5.41. The number of thioether (sulfide) groups is 1. The number of amides is 1. The zero-order valence-electron chi connectivity index (χ0n) is 13.5. The Kier molecular flexibility index (Phi) is 5.21. The molecule has 0 saturated heterocycles. The van der Waals surface area contributed by atoms with Gasteiger partial charge in [0.25, 0.3) is 0 Å². The number of benzene rings is 1. The van der Waals surface area contributed by atoms with Crippen LogP contribution in [0.1, 0.15) is 24.2 Å². The number of alkyl halides is 3. The minimum absolute atomic E-state index is 0.101. The summed E-state index contributed by atoms with van der Waals surface area (Å²) in [5, 5.41) is 2.66. The maximum absolute atomic E-state index is 12.6. The average Bonchev–Trinajstić information content (AvgIpc) is 3.07. The Balaban J connectivity index is 1.56. The second kappa shape index (κ2) is 7.40. The Hall–Kier alpha value is -2.49. The Morgan fingerprint density at radius 3 is 2.85 bits per heavy atom. The molecule has 1 aliphatic rings. The third-order valence-electron chi connectivity index (χ3n) is 3.53. The van der Waals surface area contributed by atoms with Gasteiger partial charge in [0, 0.05) is 6.20 Å². The summed E-state index contributed by atoms with van der Waals surface area (Å²) >= 11 is 0.837. The van der Waals surface area contributed by atoms with Crippen LogP contribution in [-0.4, -0.2) is 28.4 Å². The molecule has 6 nitrogen and oxygen atoms in total. The molecule has 26 heavy (non-hydrogen) atoms.